The Morgan fingerprint density at radius 3 is 2.83 bits per heavy atom. The molecule has 5 nitrogen and oxygen atoms in total. The van der Waals surface area contributed by atoms with Crippen LogP contribution in [0.2, 0.25) is 0 Å². The smallest absolute Gasteiger partial charge is 0.374 e. The van der Waals surface area contributed by atoms with Crippen LogP contribution in [0.25, 0.3) is 0 Å². The summed E-state index contributed by atoms with van der Waals surface area (Å²) in [6.07, 6.45) is 1.32. The molecule has 0 radical (unpaired) electrons. The van der Waals surface area contributed by atoms with Crippen molar-refractivity contribution >= 4 is 17.5 Å². The third-order valence-electron chi connectivity index (χ3n) is 2.29. The first-order valence-corrected chi connectivity index (χ1v) is 5.16. The number of aromatic carboxylic acids is 1. The monoisotopic (exact) mass is 247 g/mol. The van der Waals surface area contributed by atoms with Gasteiger partial charge in [0, 0.05) is 11.9 Å². The fourth-order valence-electron chi connectivity index (χ4n) is 1.35. The second-order valence-corrected chi connectivity index (χ2v) is 3.66. The molecule has 0 unspecified atom stereocenters. The quantitative estimate of drug-likeness (QED) is 0.870. The zero-order valence-electron chi connectivity index (χ0n) is 9.51. The minimum atomic E-state index is -1.21. The first-order valence-electron chi connectivity index (χ1n) is 5.16. The van der Waals surface area contributed by atoms with Gasteiger partial charge in [-0.1, -0.05) is 6.07 Å². The molecule has 92 valence electrons. The van der Waals surface area contributed by atoms with Gasteiger partial charge in [0.05, 0.1) is 0 Å². The van der Waals surface area contributed by atoms with Crippen molar-refractivity contribution in [2.75, 3.05) is 5.32 Å². The minimum Gasteiger partial charge on any atom is -0.475 e. The Labute approximate surface area is 102 Å². The molecule has 0 fully saturated rings. The summed E-state index contributed by atoms with van der Waals surface area (Å²) in [6.45, 7) is 1.66. The third-order valence-corrected chi connectivity index (χ3v) is 2.29. The number of carboxylic acid groups (broad SMARTS) is 1. The predicted octanol–water partition coefficient (Wildman–Crippen LogP) is 2.37. The van der Waals surface area contributed by atoms with Crippen LogP contribution in [-0.2, 0) is 0 Å². The number of carbonyl (C=O) groups is 1. The fourth-order valence-corrected chi connectivity index (χ4v) is 1.35. The van der Waals surface area contributed by atoms with Gasteiger partial charge in [0.15, 0.2) is 0 Å². The summed E-state index contributed by atoms with van der Waals surface area (Å²) >= 11 is 0. The second-order valence-electron chi connectivity index (χ2n) is 3.66. The zero-order valence-corrected chi connectivity index (χ0v) is 9.51. The number of carboxylic acids is 1. The number of nitrogens with one attached hydrogen (secondary N) is 1. The van der Waals surface area contributed by atoms with E-state index in [0.29, 0.717) is 17.1 Å². The van der Waals surface area contributed by atoms with E-state index in [2.05, 4.69) is 15.3 Å². The highest BCUT2D eigenvalue weighted by molar-refractivity contribution is 5.83. The van der Waals surface area contributed by atoms with E-state index in [-0.39, 0.29) is 11.6 Å². The van der Waals surface area contributed by atoms with Crippen LogP contribution >= 0.6 is 0 Å². The number of hydrogen-bond donors (Lipinski definition) is 2. The number of aromatic nitrogens is 2. The van der Waals surface area contributed by atoms with Crippen LogP contribution in [0.5, 0.6) is 0 Å². The van der Waals surface area contributed by atoms with Crippen LogP contribution in [0.3, 0.4) is 0 Å². The largest absolute Gasteiger partial charge is 0.475 e. The molecule has 0 spiro atoms. The number of nitrogens with zero attached hydrogens (tertiary/aromatic N) is 2. The third kappa shape index (κ3) is 2.60. The Balaban J connectivity index is 2.25. The molecule has 18 heavy (non-hydrogen) atoms. The van der Waals surface area contributed by atoms with Crippen molar-refractivity contribution in [3.8, 4) is 0 Å². The van der Waals surface area contributed by atoms with Gasteiger partial charge in [-0.25, -0.2) is 19.2 Å². The molecule has 1 aromatic carbocycles. The lowest BCUT2D eigenvalue weighted by molar-refractivity contribution is 0.0683. The van der Waals surface area contributed by atoms with Crippen LogP contribution in [0.1, 0.15) is 16.2 Å². The van der Waals surface area contributed by atoms with E-state index in [9.17, 15) is 9.18 Å². The molecular weight excluding hydrogens is 237 g/mol. The number of hydrogen-bond acceptors (Lipinski definition) is 4. The molecule has 0 aliphatic carbocycles. The standard InChI is InChI=1S/C12H10FN3O2/c1-7-2-3-8(6-9(7)13)15-10-4-5-14-11(16-10)12(17)18/h2-6H,1H3,(H,17,18)(H,14,15,16). The Kier molecular flexibility index (Phi) is 3.18. The molecule has 2 N–H and O–H groups in total. The first kappa shape index (κ1) is 12.0. The Bertz CT molecular complexity index is 602. The molecule has 0 saturated carbocycles. The second kappa shape index (κ2) is 4.79. The maximum Gasteiger partial charge on any atom is 0.374 e. The van der Waals surface area contributed by atoms with E-state index in [4.69, 9.17) is 5.11 Å². The van der Waals surface area contributed by atoms with E-state index in [0.717, 1.165) is 0 Å². The molecule has 0 atom stereocenters. The summed E-state index contributed by atoms with van der Waals surface area (Å²) in [7, 11) is 0. The van der Waals surface area contributed by atoms with Crippen molar-refractivity contribution in [3.63, 3.8) is 0 Å². The molecule has 1 heterocycles. The van der Waals surface area contributed by atoms with Crippen molar-refractivity contribution < 1.29 is 14.3 Å². The van der Waals surface area contributed by atoms with Crippen LogP contribution in [0, 0.1) is 12.7 Å². The molecular formula is C12H10FN3O2. The number of rotatable bonds is 3. The van der Waals surface area contributed by atoms with E-state index in [1.807, 2.05) is 0 Å². The lowest BCUT2D eigenvalue weighted by atomic mass is 10.2. The molecule has 0 saturated heterocycles. The van der Waals surface area contributed by atoms with E-state index < -0.39 is 5.97 Å². The fraction of sp³-hybridized carbons (Fsp3) is 0.0833. The molecule has 2 rings (SSSR count). The highest BCUT2D eigenvalue weighted by Gasteiger charge is 2.07. The van der Waals surface area contributed by atoms with E-state index in [1.165, 1.54) is 18.3 Å². The molecule has 1 aromatic heterocycles. The Morgan fingerprint density at radius 2 is 2.17 bits per heavy atom. The van der Waals surface area contributed by atoms with Crippen LogP contribution in [-0.4, -0.2) is 21.0 Å². The van der Waals surface area contributed by atoms with Gasteiger partial charge in [-0.3, -0.25) is 0 Å². The first-order chi connectivity index (χ1) is 8.56. The minimum absolute atomic E-state index is 0.297. The van der Waals surface area contributed by atoms with Gasteiger partial charge in [0.1, 0.15) is 11.6 Å². The van der Waals surface area contributed by atoms with E-state index >= 15 is 0 Å². The van der Waals surface area contributed by atoms with Crippen molar-refractivity contribution in [1.29, 1.82) is 0 Å². The van der Waals surface area contributed by atoms with Crippen LogP contribution in [0.15, 0.2) is 30.5 Å². The van der Waals surface area contributed by atoms with Gasteiger partial charge in [-0.05, 0) is 30.7 Å². The summed E-state index contributed by atoms with van der Waals surface area (Å²) in [5, 5.41) is 11.6. The van der Waals surface area contributed by atoms with E-state index in [1.54, 1.807) is 19.1 Å². The highest BCUT2D eigenvalue weighted by atomic mass is 19.1. The zero-order chi connectivity index (χ0) is 13.1. The molecule has 0 aliphatic rings. The molecule has 0 bridgehead atoms. The maximum absolute atomic E-state index is 13.3. The van der Waals surface area contributed by atoms with Crippen molar-refractivity contribution in [1.82, 2.24) is 9.97 Å². The number of aryl methyl sites for hydroxylation is 1. The average molecular weight is 247 g/mol. The van der Waals surface area contributed by atoms with Gasteiger partial charge >= 0.3 is 5.97 Å². The number of halogens is 1. The predicted molar refractivity (Wildman–Crippen MR) is 63.4 cm³/mol. The number of anilines is 2. The van der Waals surface area contributed by atoms with Gasteiger partial charge in [0.25, 0.3) is 0 Å². The highest BCUT2D eigenvalue weighted by Crippen LogP contribution is 2.17. The Hall–Kier alpha value is -2.50. The molecule has 6 heteroatoms. The van der Waals surface area contributed by atoms with Gasteiger partial charge in [-0.15, -0.1) is 0 Å². The summed E-state index contributed by atoms with van der Waals surface area (Å²) in [6, 6.07) is 6.13. The molecule has 0 amide bonds. The Morgan fingerprint density at radius 1 is 1.39 bits per heavy atom. The normalized spacial score (nSPS) is 10.1. The van der Waals surface area contributed by atoms with Crippen molar-refractivity contribution in [2.45, 2.75) is 6.92 Å². The van der Waals surface area contributed by atoms with Crippen LogP contribution < -0.4 is 5.32 Å². The van der Waals surface area contributed by atoms with Crippen molar-refractivity contribution in [3.05, 3.63) is 47.7 Å². The topological polar surface area (TPSA) is 75.1 Å². The number of benzene rings is 1. The SMILES string of the molecule is Cc1ccc(Nc2ccnc(C(=O)O)n2)cc1F. The van der Waals surface area contributed by atoms with Gasteiger partial charge in [-0.2, -0.15) is 0 Å². The van der Waals surface area contributed by atoms with Crippen LogP contribution in [0.4, 0.5) is 15.9 Å². The summed E-state index contributed by atoms with van der Waals surface area (Å²) in [4.78, 5) is 18.1. The summed E-state index contributed by atoms with van der Waals surface area (Å²) in [5.41, 5.74) is 1.03. The lowest BCUT2D eigenvalue weighted by Gasteiger charge is -2.06. The average Bonchev–Trinajstić information content (AvgIpc) is 2.34. The molecule has 0 aliphatic heterocycles. The lowest BCUT2D eigenvalue weighted by Crippen LogP contribution is -2.05. The van der Waals surface area contributed by atoms with Gasteiger partial charge in [0.2, 0.25) is 5.82 Å². The molecule has 2 aromatic rings. The van der Waals surface area contributed by atoms with Crippen molar-refractivity contribution in [2.24, 2.45) is 0 Å². The maximum atomic E-state index is 13.3. The van der Waals surface area contributed by atoms with Gasteiger partial charge < -0.3 is 10.4 Å². The summed E-state index contributed by atoms with van der Waals surface area (Å²) in [5.74, 6) is -1.57. The summed E-state index contributed by atoms with van der Waals surface area (Å²) < 4.78 is 13.3.